The third-order valence-corrected chi connectivity index (χ3v) is 7.39. The summed E-state index contributed by atoms with van der Waals surface area (Å²) < 4.78 is 7.88. The van der Waals surface area contributed by atoms with Crippen LogP contribution in [0.5, 0.6) is 5.75 Å². The minimum Gasteiger partial charge on any atom is -0.495 e. The molecule has 5 nitrogen and oxygen atoms in total. The first-order chi connectivity index (χ1) is 15.0. The fourth-order valence-electron chi connectivity index (χ4n) is 4.75. The van der Waals surface area contributed by atoms with E-state index in [4.69, 9.17) is 21.3 Å². The third-order valence-electron chi connectivity index (χ3n) is 6.05. The van der Waals surface area contributed by atoms with Gasteiger partial charge in [0.25, 0.3) is 0 Å². The molecule has 160 valence electrons. The third kappa shape index (κ3) is 3.42. The summed E-state index contributed by atoms with van der Waals surface area (Å²) in [6.45, 7) is 7.55. The summed E-state index contributed by atoms with van der Waals surface area (Å²) in [7, 11) is 1.69. The Kier molecular flexibility index (Phi) is 5.22. The van der Waals surface area contributed by atoms with Crippen molar-refractivity contribution in [2.24, 2.45) is 4.99 Å². The van der Waals surface area contributed by atoms with Crippen LogP contribution in [0.4, 0.5) is 0 Å². The van der Waals surface area contributed by atoms with Crippen molar-refractivity contribution < 1.29 is 4.74 Å². The quantitative estimate of drug-likeness (QED) is 0.506. The van der Waals surface area contributed by atoms with Crippen molar-refractivity contribution in [1.29, 1.82) is 0 Å². The molecule has 0 radical (unpaired) electrons. The first-order valence-corrected chi connectivity index (χ1v) is 11.7. The van der Waals surface area contributed by atoms with E-state index in [-0.39, 0.29) is 12.1 Å². The molecule has 2 aliphatic rings. The minimum atomic E-state index is -0.0218. The Bertz CT molecular complexity index is 1160. The maximum absolute atomic E-state index is 6.35. The minimum absolute atomic E-state index is 0.0218. The van der Waals surface area contributed by atoms with Gasteiger partial charge >= 0.3 is 0 Å². The molecule has 3 aromatic rings. The molecule has 2 aromatic heterocycles. The van der Waals surface area contributed by atoms with Gasteiger partial charge in [0, 0.05) is 34.4 Å². The molecular weight excluding hydrogens is 428 g/mol. The lowest BCUT2D eigenvalue weighted by Gasteiger charge is -2.27. The number of aryl methyl sites for hydroxylation is 1. The van der Waals surface area contributed by atoms with Crippen molar-refractivity contribution in [3.8, 4) is 11.4 Å². The molecule has 5 rings (SSSR count). The molecule has 7 heteroatoms. The van der Waals surface area contributed by atoms with Crippen LogP contribution >= 0.6 is 23.4 Å². The predicted molar refractivity (Wildman–Crippen MR) is 128 cm³/mol. The summed E-state index contributed by atoms with van der Waals surface area (Å²) >= 11 is 8.21. The summed E-state index contributed by atoms with van der Waals surface area (Å²) in [5.41, 5.74) is 5.54. The van der Waals surface area contributed by atoms with Gasteiger partial charge in [-0.1, -0.05) is 36.4 Å². The molecule has 0 amide bonds. The van der Waals surface area contributed by atoms with Crippen LogP contribution in [0, 0.1) is 13.8 Å². The van der Waals surface area contributed by atoms with E-state index in [0.717, 1.165) is 34.5 Å². The molecule has 0 N–H and O–H groups in total. The summed E-state index contributed by atoms with van der Waals surface area (Å²) in [4.78, 5) is 12.2. The molecule has 4 heterocycles. The van der Waals surface area contributed by atoms with E-state index in [0.29, 0.717) is 10.3 Å². The Labute approximate surface area is 192 Å². The van der Waals surface area contributed by atoms with Gasteiger partial charge in [0.15, 0.2) is 5.17 Å². The van der Waals surface area contributed by atoms with Crippen LogP contribution in [0.2, 0.25) is 5.02 Å². The van der Waals surface area contributed by atoms with E-state index in [2.05, 4.69) is 47.4 Å². The maximum atomic E-state index is 6.35. The van der Waals surface area contributed by atoms with Crippen LogP contribution in [-0.4, -0.2) is 38.5 Å². The lowest BCUT2D eigenvalue weighted by atomic mass is 9.96. The standard InChI is InChI=1S/C24H25ClN4OS/c1-14-11-18(16(3)29(14)20-12-17(25)8-9-21(20)30-4)23-22(19-7-5-6-10-26-19)27-24-28(23)13-15(2)31-24/h5-12,15,22-23H,13H2,1-4H3/t15-,22-,23-/m0/s1. The zero-order chi connectivity index (χ0) is 21.7. The van der Waals surface area contributed by atoms with Crippen LogP contribution in [-0.2, 0) is 0 Å². The first kappa shape index (κ1) is 20.5. The van der Waals surface area contributed by atoms with E-state index in [1.165, 1.54) is 11.3 Å². The number of ether oxygens (including phenoxy) is 1. The second kappa shape index (κ2) is 7.92. The van der Waals surface area contributed by atoms with Crippen LogP contribution in [0.25, 0.3) is 5.69 Å². The predicted octanol–water partition coefficient (Wildman–Crippen LogP) is 5.74. The Hall–Kier alpha value is -2.44. The zero-order valence-corrected chi connectivity index (χ0v) is 19.6. The average Bonchev–Trinajstić information content (AvgIpc) is 3.38. The molecular formula is C24H25ClN4OS. The molecule has 3 atom stereocenters. The van der Waals surface area contributed by atoms with Crippen molar-refractivity contribution >= 4 is 28.5 Å². The van der Waals surface area contributed by atoms with Gasteiger partial charge in [-0.15, -0.1) is 0 Å². The SMILES string of the molecule is COc1ccc(Cl)cc1-n1c(C)cc([C@H]2[C@H](c3ccccn3)N=C3S[C@@H](C)CN32)c1C. The summed E-state index contributed by atoms with van der Waals surface area (Å²) in [5.74, 6) is 0.799. The van der Waals surface area contributed by atoms with E-state index in [1.807, 2.05) is 48.3 Å². The highest BCUT2D eigenvalue weighted by atomic mass is 35.5. The molecule has 0 saturated carbocycles. The zero-order valence-electron chi connectivity index (χ0n) is 18.0. The average molecular weight is 453 g/mol. The topological polar surface area (TPSA) is 42.6 Å². The lowest BCUT2D eigenvalue weighted by molar-refractivity contribution is 0.320. The number of pyridine rings is 1. The van der Waals surface area contributed by atoms with Crippen molar-refractivity contribution in [2.75, 3.05) is 13.7 Å². The van der Waals surface area contributed by atoms with Crippen LogP contribution in [0.15, 0.2) is 53.7 Å². The fourth-order valence-corrected chi connectivity index (χ4v) is 6.01. The van der Waals surface area contributed by atoms with E-state index in [1.54, 1.807) is 7.11 Å². The van der Waals surface area contributed by atoms with E-state index >= 15 is 0 Å². The van der Waals surface area contributed by atoms with Crippen molar-refractivity contribution in [3.63, 3.8) is 0 Å². The number of nitrogens with zero attached hydrogens (tertiary/aromatic N) is 4. The van der Waals surface area contributed by atoms with Crippen molar-refractivity contribution in [3.05, 3.63) is 76.3 Å². The van der Waals surface area contributed by atoms with Gasteiger partial charge in [0.1, 0.15) is 11.8 Å². The van der Waals surface area contributed by atoms with Crippen LogP contribution in [0.3, 0.4) is 0 Å². The van der Waals surface area contributed by atoms with E-state index < -0.39 is 0 Å². The Balaban J connectivity index is 1.65. The monoisotopic (exact) mass is 452 g/mol. The van der Waals surface area contributed by atoms with Crippen LogP contribution in [0.1, 0.15) is 41.7 Å². The van der Waals surface area contributed by atoms with Crippen molar-refractivity contribution in [2.45, 2.75) is 38.1 Å². The number of benzene rings is 1. The molecule has 2 aliphatic heterocycles. The number of fused-ring (bicyclic) bond motifs is 1. The van der Waals surface area contributed by atoms with Gasteiger partial charge < -0.3 is 14.2 Å². The molecule has 0 unspecified atom stereocenters. The number of amidine groups is 1. The van der Waals surface area contributed by atoms with E-state index in [9.17, 15) is 0 Å². The second-order valence-electron chi connectivity index (χ2n) is 8.11. The number of rotatable bonds is 4. The fraction of sp³-hybridized carbons (Fsp3) is 0.333. The van der Waals surface area contributed by atoms with Gasteiger partial charge in [-0.05, 0) is 55.8 Å². The molecule has 0 bridgehead atoms. The van der Waals surface area contributed by atoms with Gasteiger partial charge in [0.05, 0.1) is 24.5 Å². The number of hydrogen-bond acceptors (Lipinski definition) is 5. The smallest absolute Gasteiger partial charge is 0.160 e. The number of hydrogen-bond donors (Lipinski definition) is 0. The maximum Gasteiger partial charge on any atom is 0.160 e. The first-order valence-electron chi connectivity index (χ1n) is 10.4. The summed E-state index contributed by atoms with van der Waals surface area (Å²) in [6, 6.07) is 14.2. The number of aliphatic imine (C=N–C) groups is 1. The lowest BCUT2D eigenvalue weighted by Crippen LogP contribution is -2.28. The molecule has 1 aromatic carbocycles. The number of aromatic nitrogens is 2. The van der Waals surface area contributed by atoms with Gasteiger partial charge in [-0.25, -0.2) is 0 Å². The van der Waals surface area contributed by atoms with Crippen molar-refractivity contribution in [1.82, 2.24) is 14.5 Å². The Morgan fingerprint density at radius 2 is 2.00 bits per heavy atom. The molecule has 1 fully saturated rings. The highest BCUT2D eigenvalue weighted by molar-refractivity contribution is 8.14. The molecule has 0 aliphatic carbocycles. The summed E-state index contributed by atoms with van der Waals surface area (Å²) in [5, 5.41) is 2.34. The Morgan fingerprint density at radius 1 is 1.16 bits per heavy atom. The number of methoxy groups -OCH3 is 1. The molecule has 31 heavy (non-hydrogen) atoms. The summed E-state index contributed by atoms with van der Waals surface area (Å²) in [6.07, 6.45) is 1.85. The van der Waals surface area contributed by atoms with Crippen LogP contribution < -0.4 is 4.74 Å². The molecule has 0 spiro atoms. The van der Waals surface area contributed by atoms with Gasteiger partial charge in [-0.3, -0.25) is 9.98 Å². The highest BCUT2D eigenvalue weighted by Crippen LogP contribution is 2.49. The normalized spacial score (nSPS) is 22.5. The number of thioether (sulfide) groups is 1. The molecule has 1 saturated heterocycles. The second-order valence-corrected chi connectivity index (χ2v) is 9.96. The number of halogens is 1. The Morgan fingerprint density at radius 3 is 2.74 bits per heavy atom. The van der Waals surface area contributed by atoms with Gasteiger partial charge in [0.2, 0.25) is 0 Å². The highest BCUT2D eigenvalue weighted by Gasteiger charge is 2.44. The van der Waals surface area contributed by atoms with Gasteiger partial charge in [-0.2, -0.15) is 0 Å². The largest absolute Gasteiger partial charge is 0.495 e.